The largest absolute Gasteiger partial charge is 0.296 e. The quantitative estimate of drug-likeness (QED) is 0.697. The maximum absolute atomic E-state index is 12.4. The van der Waals surface area contributed by atoms with Crippen molar-refractivity contribution < 1.29 is 30.7 Å². The molecule has 0 radical (unpaired) electrons. The minimum Gasteiger partial charge on any atom is -0.282 e. The number of hydrogen-bond acceptors (Lipinski definition) is 6. The van der Waals surface area contributed by atoms with E-state index in [9.17, 15) is 30.7 Å². The van der Waals surface area contributed by atoms with Gasteiger partial charge in [0.05, 0.1) is 22.7 Å². The van der Waals surface area contributed by atoms with Crippen molar-refractivity contribution in [2.75, 3.05) is 5.01 Å². The van der Waals surface area contributed by atoms with Gasteiger partial charge in [0.1, 0.15) is 4.90 Å². The van der Waals surface area contributed by atoms with E-state index >= 15 is 0 Å². The Balaban J connectivity index is 2.12. The van der Waals surface area contributed by atoms with Crippen LogP contribution in [0.5, 0.6) is 0 Å². The average Bonchev–Trinajstić information content (AvgIpc) is 2.94. The number of anilines is 1. The van der Waals surface area contributed by atoms with Gasteiger partial charge in [0.15, 0.2) is 0 Å². The molecule has 28 heavy (non-hydrogen) atoms. The second-order valence-electron chi connectivity index (χ2n) is 6.25. The van der Waals surface area contributed by atoms with Crippen LogP contribution in [-0.2, 0) is 31.5 Å². The fraction of sp³-hybridized carbons (Fsp3) is 0.176. The van der Waals surface area contributed by atoms with Crippen LogP contribution in [0, 0.1) is 6.92 Å². The summed E-state index contributed by atoms with van der Waals surface area (Å²) in [6.07, 6.45) is 0.232. The fourth-order valence-electron chi connectivity index (χ4n) is 2.90. The van der Waals surface area contributed by atoms with Crippen LogP contribution < -0.4 is 5.01 Å². The van der Waals surface area contributed by atoms with Gasteiger partial charge < -0.3 is 0 Å². The molecule has 0 spiro atoms. The molecule has 0 saturated heterocycles. The number of hydrazone groups is 1. The molecule has 0 atom stereocenters. The Hall–Kier alpha value is -2.60. The molecule has 2 aromatic rings. The number of carbonyl (C=O) groups is 1. The van der Waals surface area contributed by atoms with E-state index in [0.29, 0.717) is 12.1 Å². The summed E-state index contributed by atoms with van der Waals surface area (Å²) >= 11 is 0. The van der Waals surface area contributed by atoms with Gasteiger partial charge in [-0.1, -0.05) is 30.3 Å². The monoisotopic (exact) mass is 424 g/mol. The standard InChI is InChI=1S/C17H16N2O7S2/c1-11-7-16(28(24,25)26)14(10-15(11)27(21,22)23)19-17(20)9-13(18-19)8-12-5-3-2-4-6-12/h2-7,10H,8-9H2,1H3,(H,21,22,23)(H,24,25,26). The minimum atomic E-state index is -4.80. The van der Waals surface area contributed by atoms with Crippen LogP contribution in [0.4, 0.5) is 5.69 Å². The molecule has 2 aromatic carbocycles. The first-order chi connectivity index (χ1) is 13.0. The van der Waals surface area contributed by atoms with Gasteiger partial charge in [-0.2, -0.15) is 26.9 Å². The number of carbonyl (C=O) groups excluding carboxylic acids is 1. The second kappa shape index (κ2) is 7.09. The van der Waals surface area contributed by atoms with Gasteiger partial charge in [0.2, 0.25) is 0 Å². The Labute approximate surface area is 161 Å². The van der Waals surface area contributed by atoms with Crippen molar-refractivity contribution in [1.29, 1.82) is 0 Å². The molecule has 0 aromatic heterocycles. The Morgan fingerprint density at radius 2 is 1.61 bits per heavy atom. The van der Waals surface area contributed by atoms with Crippen molar-refractivity contribution >= 4 is 37.5 Å². The molecule has 0 fully saturated rings. The third-order valence-electron chi connectivity index (χ3n) is 4.12. The van der Waals surface area contributed by atoms with Crippen LogP contribution in [0.15, 0.2) is 57.4 Å². The first kappa shape index (κ1) is 20.1. The lowest BCUT2D eigenvalue weighted by atomic mass is 10.1. The smallest absolute Gasteiger partial charge is 0.282 e. The van der Waals surface area contributed by atoms with Crippen LogP contribution in [0.2, 0.25) is 0 Å². The molecular formula is C17H16N2O7S2. The van der Waals surface area contributed by atoms with Crippen LogP contribution in [0.25, 0.3) is 0 Å². The van der Waals surface area contributed by atoms with Gasteiger partial charge in [0.25, 0.3) is 26.1 Å². The van der Waals surface area contributed by atoms with Crippen LogP contribution in [-0.4, -0.2) is 37.6 Å². The van der Waals surface area contributed by atoms with Crippen molar-refractivity contribution in [1.82, 2.24) is 0 Å². The predicted octanol–water partition coefficient (Wildman–Crippen LogP) is 1.82. The molecule has 0 saturated carbocycles. The number of hydrogen-bond donors (Lipinski definition) is 2. The zero-order valence-electron chi connectivity index (χ0n) is 14.6. The Kier molecular flexibility index (Phi) is 5.10. The third kappa shape index (κ3) is 4.12. The van der Waals surface area contributed by atoms with Crippen LogP contribution in [0.1, 0.15) is 17.5 Å². The molecule has 2 N–H and O–H groups in total. The van der Waals surface area contributed by atoms with Gasteiger partial charge >= 0.3 is 0 Å². The minimum absolute atomic E-state index is 0.102. The molecule has 0 unspecified atom stereocenters. The zero-order chi connectivity index (χ0) is 20.7. The van der Waals surface area contributed by atoms with Gasteiger partial charge in [-0.3, -0.25) is 13.9 Å². The van der Waals surface area contributed by atoms with E-state index in [-0.39, 0.29) is 12.0 Å². The van der Waals surface area contributed by atoms with Crippen molar-refractivity contribution in [3.63, 3.8) is 0 Å². The Morgan fingerprint density at radius 1 is 1.00 bits per heavy atom. The predicted molar refractivity (Wildman–Crippen MR) is 100 cm³/mol. The molecule has 0 bridgehead atoms. The first-order valence-electron chi connectivity index (χ1n) is 7.99. The summed E-state index contributed by atoms with van der Waals surface area (Å²) in [6.45, 7) is 1.25. The van der Waals surface area contributed by atoms with E-state index in [1.165, 1.54) is 6.92 Å². The number of nitrogens with zero attached hydrogens (tertiary/aromatic N) is 2. The molecule has 1 amide bonds. The van der Waals surface area contributed by atoms with Crippen molar-refractivity contribution in [3.8, 4) is 0 Å². The molecule has 11 heteroatoms. The summed E-state index contributed by atoms with van der Waals surface area (Å²) in [4.78, 5) is 11.2. The lowest BCUT2D eigenvalue weighted by Gasteiger charge is -2.17. The number of rotatable bonds is 5. The van der Waals surface area contributed by atoms with E-state index < -0.39 is 41.6 Å². The van der Waals surface area contributed by atoms with Gasteiger partial charge in [-0.25, -0.2) is 0 Å². The average molecular weight is 424 g/mol. The lowest BCUT2D eigenvalue weighted by Crippen LogP contribution is -2.22. The summed E-state index contributed by atoms with van der Waals surface area (Å²) in [7, 11) is -9.49. The molecule has 3 rings (SSSR count). The van der Waals surface area contributed by atoms with E-state index in [1.54, 1.807) is 0 Å². The highest BCUT2D eigenvalue weighted by Gasteiger charge is 2.32. The van der Waals surface area contributed by atoms with Crippen LogP contribution in [0.3, 0.4) is 0 Å². The van der Waals surface area contributed by atoms with E-state index in [2.05, 4.69) is 5.10 Å². The van der Waals surface area contributed by atoms with Crippen molar-refractivity contribution in [2.45, 2.75) is 29.6 Å². The molecule has 9 nitrogen and oxygen atoms in total. The van der Waals surface area contributed by atoms with Crippen molar-refractivity contribution in [3.05, 3.63) is 53.6 Å². The highest BCUT2D eigenvalue weighted by atomic mass is 32.2. The van der Waals surface area contributed by atoms with Gasteiger partial charge in [0, 0.05) is 6.42 Å². The van der Waals surface area contributed by atoms with E-state index in [0.717, 1.165) is 22.7 Å². The maximum atomic E-state index is 12.4. The zero-order valence-corrected chi connectivity index (χ0v) is 16.2. The first-order valence-corrected chi connectivity index (χ1v) is 10.9. The summed E-state index contributed by atoms with van der Waals surface area (Å²) in [6, 6.07) is 10.8. The SMILES string of the molecule is Cc1cc(S(=O)(=O)O)c(N2N=C(Cc3ccccc3)CC2=O)cc1S(=O)(=O)O. The number of aryl methyl sites for hydroxylation is 1. The van der Waals surface area contributed by atoms with Gasteiger partial charge in [-0.15, -0.1) is 0 Å². The molecule has 1 heterocycles. The Bertz CT molecular complexity index is 1190. The number of benzene rings is 2. The summed E-state index contributed by atoms with van der Waals surface area (Å²) in [5.41, 5.74) is 0.757. The molecule has 1 aliphatic rings. The van der Waals surface area contributed by atoms with Gasteiger partial charge in [-0.05, 0) is 30.2 Å². The second-order valence-corrected chi connectivity index (χ2v) is 9.03. The lowest BCUT2D eigenvalue weighted by molar-refractivity contribution is -0.116. The molecule has 148 valence electrons. The highest BCUT2D eigenvalue weighted by molar-refractivity contribution is 7.86. The molecular weight excluding hydrogens is 408 g/mol. The number of amides is 1. The maximum Gasteiger partial charge on any atom is 0.296 e. The highest BCUT2D eigenvalue weighted by Crippen LogP contribution is 2.33. The summed E-state index contributed by atoms with van der Waals surface area (Å²) in [5, 5.41) is 4.84. The van der Waals surface area contributed by atoms with E-state index in [4.69, 9.17) is 0 Å². The van der Waals surface area contributed by atoms with E-state index in [1.807, 2.05) is 30.3 Å². The van der Waals surface area contributed by atoms with Crippen molar-refractivity contribution in [2.24, 2.45) is 5.10 Å². The van der Waals surface area contributed by atoms with Crippen LogP contribution >= 0.6 is 0 Å². The molecule has 0 aliphatic carbocycles. The summed E-state index contributed by atoms with van der Waals surface area (Å²) < 4.78 is 65.5. The third-order valence-corrected chi connectivity index (χ3v) is 6.00. The summed E-state index contributed by atoms with van der Waals surface area (Å²) in [5.74, 6) is -0.596. The normalized spacial score (nSPS) is 15.0. The fourth-order valence-corrected chi connectivity index (χ4v) is 4.36. The molecule has 1 aliphatic heterocycles. The Morgan fingerprint density at radius 3 is 2.18 bits per heavy atom. The topological polar surface area (TPSA) is 141 Å².